The first kappa shape index (κ1) is 52.1. The van der Waals surface area contributed by atoms with Crippen molar-refractivity contribution in [3.05, 3.63) is 70.2 Å². The van der Waals surface area contributed by atoms with Gasteiger partial charge in [-0.3, -0.25) is 18.9 Å². The van der Waals surface area contributed by atoms with Crippen molar-refractivity contribution in [2.45, 2.75) is 120 Å². The summed E-state index contributed by atoms with van der Waals surface area (Å²) in [6.45, 7) is 5.40. The van der Waals surface area contributed by atoms with Gasteiger partial charge in [0.1, 0.15) is 11.4 Å². The molecule has 2 amide bonds. The number of carbonyl (C=O) groups excluding carboxylic acids is 4. The number of carbonyl (C=O) groups is 4. The Bertz CT molecular complexity index is 2540. The molecule has 4 aromatic carbocycles. The predicted molar refractivity (Wildman–Crippen MR) is 250 cm³/mol. The smallest absolute Gasteiger partial charge is 0.339 e. The Balaban J connectivity index is 1.31. The maximum absolute atomic E-state index is 13.9. The van der Waals surface area contributed by atoms with Gasteiger partial charge >= 0.3 is 5.97 Å². The third-order valence-corrected chi connectivity index (χ3v) is 13.1. The van der Waals surface area contributed by atoms with E-state index < -0.39 is 55.8 Å². The van der Waals surface area contributed by atoms with Crippen molar-refractivity contribution in [1.82, 2.24) is 0 Å². The number of amides is 2. The topological polar surface area (TPSA) is 249 Å². The summed E-state index contributed by atoms with van der Waals surface area (Å²) in [7, 11) is -4.76. The zero-order valence-corrected chi connectivity index (χ0v) is 39.7. The van der Waals surface area contributed by atoms with Crippen LogP contribution in [0.2, 0.25) is 10.0 Å². The molecule has 0 radical (unpaired) electrons. The molecule has 1 aliphatic rings. The summed E-state index contributed by atoms with van der Waals surface area (Å²) in [4.78, 5) is 52.3. The number of Topliss-reactive ketones (excluding diaryl/α,β-unsaturated/α-hetero) is 1. The molecule has 1 atom stereocenters. The number of hydrogen-bond donors (Lipinski definition) is 5. The third kappa shape index (κ3) is 14.1. The summed E-state index contributed by atoms with van der Waals surface area (Å²) in [6.07, 6.45) is 11.2. The van der Waals surface area contributed by atoms with E-state index in [0.29, 0.717) is 37.7 Å². The van der Waals surface area contributed by atoms with Gasteiger partial charge in [0.15, 0.2) is 11.5 Å². The van der Waals surface area contributed by atoms with Crippen LogP contribution in [0, 0.1) is 5.41 Å². The number of rotatable bonds is 26. The number of anilines is 2. The van der Waals surface area contributed by atoms with Gasteiger partial charge in [0.25, 0.3) is 16.0 Å². The van der Waals surface area contributed by atoms with Crippen LogP contribution in [0.25, 0.3) is 10.8 Å². The molecule has 17 nitrogen and oxygen atoms in total. The molecule has 0 heterocycles. The predicted octanol–water partition coefficient (Wildman–Crippen LogP) is 12.1. The fourth-order valence-electron chi connectivity index (χ4n) is 7.21. The second kappa shape index (κ2) is 24.2. The summed E-state index contributed by atoms with van der Waals surface area (Å²) < 4.78 is 49.8. The number of benzene rings is 4. The monoisotopic (exact) mass is 990 g/mol. The van der Waals surface area contributed by atoms with Gasteiger partial charge < -0.3 is 25.2 Å². The molecule has 0 bridgehead atoms. The molecular formula is C45H52Cl2N4O13S2. The first-order valence-electron chi connectivity index (χ1n) is 21.4. The van der Waals surface area contributed by atoms with Crippen LogP contribution >= 0.6 is 35.2 Å². The van der Waals surface area contributed by atoms with E-state index in [1.807, 2.05) is 6.92 Å². The van der Waals surface area contributed by atoms with Gasteiger partial charge in [-0.2, -0.15) is 13.5 Å². The van der Waals surface area contributed by atoms with Gasteiger partial charge in [-0.15, -0.1) is 9.45 Å². The van der Waals surface area contributed by atoms with Gasteiger partial charge in [0, 0.05) is 17.7 Å². The van der Waals surface area contributed by atoms with Crippen LogP contribution in [-0.4, -0.2) is 59.6 Å². The number of azo groups is 1. The average Bonchev–Trinajstić information content (AvgIpc) is 4.08. The Morgan fingerprint density at radius 1 is 0.848 bits per heavy atom. The lowest BCUT2D eigenvalue weighted by Crippen LogP contribution is -2.43. The van der Waals surface area contributed by atoms with E-state index in [0.717, 1.165) is 38.3 Å². The van der Waals surface area contributed by atoms with Crippen LogP contribution in [0.15, 0.2) is 74.6 Å². The van der Waals surface area contributed by atoms with Gasteiger partial charge in [0.2, 0.25) is 12.0 Å². The number of fused-ring (bicyclic) bond motifs is 1. The first-order valence-corrected chi connectivity index (χ1v) is 24.4. The van der Waals surface area contributed by atoms with E-state index >= 15 is 0 Å². The van der Waals surface area contributed by atoms with Crippen LogP contribution < -0.4 is 15.4 Å². The van der Waals surface area contributed by atoms with Gasteiger partial charge in [-0.05, 0) is 85.7 Å². The fraction of sp³-hybridized carbons (Fsp3) is 0.422. The van der Waals surface area contributed by atoms with Crippen LogP contribution in [0.1, 0.15) is 115 Å². The number of nitrogens with one attached hydrogen (secondary N) is 2. The Hall–Kier alpha value is -4.86. The zero-order valence-electron chi connectivity index (χ0n) is 36.6. The molecule has 5 N–H and O–H groups in total. The Morgan fingerprint density at radius 3 is 2.09 bits per heavy atom. The SMILES string of the molecule is CCCCCCCCCCCCOC(=O)c1cc(NC(=O)C(Oc2ccc(N=Nc3c(SOOO)cc4cc(S(=O)(=O)O)cc(NC(C)=O)c4c3O)cc2)C(=O)C2(CC)CC2)c(Cl)cc1Cl. The highest BCUT2D eigenvalue weighted by Gasteiger charge is 2.53. The van der Waals surface area contributed by atoms with Crippen molar-refractivity contribution < 1.29 is 61.4 Å². The lowest BCUT2D eigenvalue weighted by Gasteiger charge is -2.22. The van der Waals surface area contributed by atoms with Crippen LogP contribution in [0.5, 0.6) is 11.5 Å². The van der Waals surface area contributed by atoms with E-state index in [4.69, 9.17) is 37.9 Å². The highest BCUT2D eigenvalue weighted by Crippen LogP contribution is 2.51. The first-order chi connectivity index (χ1) is 31.5. The molecule has 5 rings (SSSR count). The quantitative estimate of drug-likeness (QED) is 0.00574. The van der Waals surface area contributed by atoms with Gasteiger partial charge in [-0.25, -0.2) is 10.1 Å². The molecule has 0 saturated heterocycles. The molecule has 356 valence electrons. The molecule has 66 heavy (non-hydrogen) atoms. The van der Waals surface area contributed by atoms with E-state index in [-0.39, 0.29) is 66.4 Å². The lowest BCUT2D eigenvalue weighted by atomic mass is 9.93. The molecule has 1 aliphatic carbocycles. The molecule has 1 saturated carbocycles. The highest BCUT2D eigenvalue weighted by atomic mass is 35.5. The van der Waals surface area contributed by atoms with E-state index in [1.165, 1.54) is 81.0 Å². The number of phenolic OH excluding ortho intramolecular Hbond substituents is 1. The number of halogens is 2. The van der Waals surface area contributed by atoms with Gasteiger partial charge in [0.05, 0.1) is 61.1 Å². The molecule has 1 fully saturated rings. The minimum atomic E-state index is -4.76. The van der Waals surface area contributed by atoms with Crippen molar-refractivity contribution in [2.24, 2.45) is 15.6 Å². The van der Waals surface area contributed by atoms with E-state index in [2.05, 4.69) is 37.2 Å². The average molecular weight is 992 g/mol. The number of ether oxygens (including phenoxy) is 2. The van der Waals surface area contributed by atoms with Crippen LogP contribution in [-0.2, 0) is 38.6 Å². The minimum Gasteiger partial charge on any atom is -0.505 e. The minimum absolute atomic E-state index is 0.0103. The van der Waals surface area contributed by atoms with E-state index in [9.17, 15) is 37.3 Å². The molecule has 4 aromatic rings. The van der Waals surface area contributed by atoms with Crippen LogP contribution in [0.3, 0.4) is 0 Å². The Morgan fingerprint density at radius 2 is 1.50 bits per heavy atom. The number of aromatic hydroxyl groups is 1. The number of ketones is 1. The summed E-state index contributed by atoms with van der Waals surface area (Å²) in [5.41, 5.74) is -1.02. The Kier molecular flexibility index (Phi) is 19.1. The summed E-state index contributed by atoms with van der Waals surface area (Å²) >= 11 is 13.2. The molecule has 21 heteroatoms. The largest absolute Gasteiger partial charge is 0.505 e. The number of hydrogen-bond acceptors (Lipinski definition) is 15. The molecule has 0 aliphatic heterocycles. The van der Waals surface area contributed by atoms with Crippen molar-refractivity contribution in [3.8, 4) is 11.5 Å². The normalized spacial score (nSPS) is 13.7. The second-order valence-electron chi connectivity index (χ2n) is 15.8. The van der Waals surface area contributed by atoms with Crippen molar-refractivity contribution >= 4 is 102 Å². The highest BCUT2D eigenvalue weighted by molar-refractivity contribution is 7.94. The Labute approximate surface area is 396 Å². The number of esters is 1. The molecule has 0 aromatic heterocycles. The maximum Gasteiger partial charge on any atom is 0.339 e. The number of nitrogens with zero attached hydrogens (tertiary/aromatic N) is 2. The molecule has 0 spiro atoms. The van der Waals surface area contributed by atoms with Crippen molar-refractivity contribution in [3.63, 3.8) is 0 Å². The number of unbranched alkanes of at least 4 members (excludes halogenated alkanes) is 9. The fourth-order valence-corrected chi connectivity index (χ4v) is 8.75. The van der Waals surface area contributed by atoms with Crippen LogP contribution in [0.4, 0.5) is 22.7 Å². The summed E-state index contributed by atoms with van der Waals surface area (Å²) in [5.74, 6) is -3.10. The summed E-state index contributed by atoms with van der Waals surface area (Å²) in [5, 5.41) is 37.2. The number of phenols is 1. The summed E-state index contributed by atoms with van der Waals surface area (Å²) in [6, 6.07) is 11.6. The second-order valence-corrected chi connectivity index (χ2v) is 18.8. The lowest BCUT2D eigenvalue weighted by molar-refractivity contribution is -0.432. The molecule has 1 unspecified atom stereocenters. The third-order valence-electron chi connectivity index (χ3n) is 11.0. The molecular weight excluding hydrogens is 940 g/mol. The van der Waals surface area contributed by atoms with E-state index in [1.54, 1.807) is 0 Å². The van der Waals surface area contributed by atoms with Crippen molar-refractivity contribution in [2.75, 3.05) is 17.2 Å². The maximum atomic E-state index is 13.9. The zero-order chi connectivity index (χ0) is 48.0. The van der Waals surface area contributed by atoms with Gasteiger partial charge in [-0.1, -0.05) is 99.9 Å². The van der Waals surface area contributed by atoms with Crippen molar-refractivity contribution in [1.29, 1.82) is 0 Å². The standard InChI is InChI=1S/C45H52Cl2N4O13S2/c1-4-6-7-8-9-10-11-12-13-14-21-61-44(56)32-25-35(34(47)26-33(32)46)49-43(55)41(42(54)45(5-2)19-20-45)62-30-17-15-29(16-18-30)50-51-39-37(65-64-63-57)23-28-22-31(66(58,59)60)24-36(48-27(3)52)38(28)40(39)53/h15-18,22-26,41,53,57H,4-14,19-21H2,1-3H3,(H,48,52)(H,49,55)(H,58,59,60).